The van der Waals surface area contributed by atoms with Gasteiger partial charge in [0.25, 0.3) is 5.56 Å². The van der Waals surface area contributed by atoms with Crippen LogP contribution in [0.15, 0.2) is 16.9 Å². The summed E-state index contributed by atoms with van der Waals surface area (Å²) < 4.78 is 20.1. The van der Waals surface area contributed by atoms with Gasteiger partial charge in [-0.25, -0.2) is 9.37 Å². The second kappa shape index (κ2) is 7.87. The topological polar surface area (TPSA) is 61.5 Å². The summed E-state index contributed by atoms with van der Waals surface area (Å²) in [5.74, 6) is 0.984. The summed E-state index contributed by atoms with van der Waals surface area (Å²) in [5, 5.41) is 0.00521. The molecule has 1 N–H and O–H groups in total. The number of benzene rings is 1. The van der Waals surface area contributed by atoms with Gasteiger partial charge in [-0.3, -0.25) is 14.7 Å². The summed E-state index contributed by atoms with van der Waals surface area (Å²) >= 11 is 0. The van der Waals surface area contributed by atoms with Crippen LogP contribution in [0.3, 0.4) is 0 Å². The molecule has 1 aromatic carbocycles. The van der Waals surface area contributed by atoms with Crippen molar-refractivity contribution in [2.75, 3.05) is 37.7 Å². The van der Waals surface area contributed by atoms with E-state index < -0.39 is 11.4 Å². The Morgan fingerprint density at radius 1 is 1.18 bits per heavy atom. The second-order valence-corrected chi connectivity index (χ2v) is 8.10. The predicted molar refractivity (Wildman–Crippen MR) is 109 cm³/mol. The lowest BCUT2D eigenvalue weighted by molar-refractivity contribution is 0.138. The Morgan fingerprint density at radius 3 is 2.64 bits per heavy atom. The van der Waals surface area contributed by atoms with Gasteiger partial charge in [-0.15, -0.1) is 12.4 Å². The van der Waals surface area contributed by atoms with E-state index in [4.69, 9.17) is 4.74 Å². The van der Waals surface area contributed by atoms with Crippen LogP contribution in [-0.4, -0.2) is 53.7 Å². The molecule has 8 heteroatoms. The van der Waals surface area contributed by atoms with Gasteiger partial charge in [0.15, 0.2) is 0 Å². The number of hydrogen-bond acceptors (Lipinski definition) is 5. The average Bonchev–Trinajstić information content (AvgIpc) is 3.43. The maximum atomic E-state index is 14.4. The molecule has 0 radical (unpaired) electrons. The smallest absolute Gasteiger partial charge is 0.263 e. The monoisotopic (exact) mass is 408 g/mol. The molecule has 1 aromatic heterocycles. The highest BCUT2D eigenvalue weighted by atomic mass is 35.5. The number of likely N-dealkylation sites (tertiary alicyclic amines) is 1. The van der Waals surface area contributed by atoms with E-state index in [2.05, 4.69) is 19.8 Å². The summed E-state index contributed by atoms with van der Waals surface area (Å²) in [7, 11) is 0. The molecule has 2 saturated heterocycles. The zero-order chi connectivity index (χ0) is 18.4. The summed E-state index contributed by atoms with van der Waals surface area (Å²) in [5.41, 5.74) is -0.0661. The zero-order valence-electron chi connectivity index (χ0n) is 15.8. The van der Waals surface area contributed by atoms with Crippen LogP contribution in [0, 0.1) is 11.7 Å². The third-order valence-corrected chi connectivity index (χ3v) is 5.97. The first-order chi connectivity index (χ1) is 13.2. The Hall–Kier alpha value is -1.86. The minimum absolute atomic E-state index is 0. The van der Waals surface area contributed by atoms with Crippen LogP contribution in [0.4, 0.5) is 10.3 Å². The van der Waals surface area contributed by atoms with E-state index in [9.17, 15) is 9.18 Å². The van der Waals surface area contributed by atoms with Crippen molar-refractivity contribution in [2.24, 2.45) is 5.92 Å². The predicted octanol–water partition coefficient (Wildman–Crippen LogP) is 2.95. The van der Waals surface area contributed by atoms with Crippen LogP contribution in [-0.2, 0) is 0 Å². The number of piperidine rings is 1. The molecular formula is C20H26ClFN4O2. The van der Waals surface area contributed by atoms with Crippen LogP contribution in [0.25, 0.3) is 10.9 Å². The Morgan fingerprint density at radius 2 is 1.93 bits per heavy atom. The molecule has 2 aliphatic heterocycles. The average molecular weight is 409 g/mol. The van der Waals surface area contributed by atoms with Gasteiger partial charge in [-0.05, 0) is 44.7 Å². The fourth-order valence-electron chi connectivity index (χ4n) is 4.06. The fourth-order valence-corrected chi connectivity index (χ4v) is 4.06. The van der Waals surface area contributed by atoms with E-state index in [1.54, 1.807) is 6.07 Å². The van der Waals surface area contributed by atoms with Crippen LogP contribution in [0.1, 0.15) is 32.1 Å². The minimum Gasteiger partial charge on any atom is -0.493 e. The molecule has 0 amide bonds. The number of halogens is 2. The van der Waals surface area contributed by atoms with Gasteiger partial charge in [0.1, 0.15) is 17.0 Å². The molecule has 152 valence electrons. The van der Waals surface area contributed by atoms with Crippen LogP contribution >= 0.6 is 12.4 Å². The number of nitrogens with zero attached hydrogens (tertiary/aromatic N) is 3. The SMILES string of the molecule is Cl.O=c1[nH]c(N2CC(N3CCCCC3)C2)nc2cc(OCC3CC3)cc(F)c12. The number of hydrogen-bond donors (Lipinski definition) is 1. The Bertz CT molecular complexity index is 905. The number of aromatic amines is 1. The Balaban J connectivity index is 0.00000192. The van der Waals surface area contributed by atoms with Crippen molar-refractivity contribution in [3.63, 3.8) is 0 Å². The molecular weight excluding hydrogens is 383 g/mol. The highest BCUT2D eigenvalue weighted by Crippen LogP contribution is 2.31. The van der Waals surface area contributed by atoms with E-state index in [1.807, 2.05) is 0 Å². The van der Waals surface area contributed by atoms with Gasteiger partial charge >= 0.3 is 0 Å². The summed E-state index contributed by atoms with van der Waals surface area (Å²) in [6.45, 7) is 4.63. The number of aromatic nitrogens is 2. The number of fused-ring (bicyclic) bond motifs is 1. The van der Waals surface area contributed by atoms with Gasteiger partial charge in [0.2, 0.25) is 5.95 Å². The first kappa shape index (κ1) is 19.5. The minimum atomic E-state index is -0.576. The number of H-pyrrole nitrogens is 1. The number of rotatable bonds is 5. The van der Waals surface area contributed by atoms with Crippen LogP contribution in [0.2, 0.25) is 0 Å². The van der Waals surface area contributed by atoms with Crippen molar-refractivity contribution in [3.05, 3.63) is 28.3 Å². The van der Waals surface area contributed by atoms with Crippen molar-refractivity contribution in [1.82, 2.24) is 14.9 Å². The summed E-state index contributed by atoms with van der Waals surface area (Å²) in [4.78, 5) is 24.3. The normalized spacial score (nSPS) is 20.7. The zero-order valence-corrected chi connectivity index (χ0v) is 16.6. The Labute approximate surface area is 169 Å². The van der Waals surface area contributed by atoms with Gasteiger partial charge < -0.3 is 9.64 Å². The molecule has 1 saturated carbocycles. The molecule has 0 bridgehead atoms. The highest BCUT2D eigenvalue weighted by molar-refractivity contribution is 5.85. The third-order valence-electron chi connectivity index (χ3n) is 5.97. The molecule has 0 spiro atoms. The molecule has 6 nitrogen and oxygen atoms in total. The van der Waals surface area contributed by atoms with Gasteiger partial charge in [0, 0.05) is 31.3 Å². The second-order valence-electron chi connectivity index (χ2n) is 8.10. The first-order valence-corrected chi connectivity index (χ1v) is 10.0. The molecule has 5 rings (SSSR count). The van der Waals surface area contributed by atoms with Gasteiger partial charge in [-0.2, -0.15) is 0 Å². The number of anilines is 1. The lowest BCUT2D eigenvalue weighted by Gasteiger charge is -2.46. The van der Waals surface area contributed by atoms with Crippen molar-refractivity contribution < 1.29 is 9.13 Å². The lowest BCUT2D eigenvalue weighted by atomic mass is 10.0. The number of ether oxygens (including phenoxy) is 1. The highest BCUT2D eigenvalue weighted by Gasteiger charge is 2.34. The molecule has 0 unspecified atom stereocenters. The molecule has 2 aromatic rings. The molecule has 3 heterocycles. The van der Waals surface area contributed by atoms with Crippen molar-refractivity contribution in [3.8, 4) is 5.75 Å². The van der Waals surface area contributed by atoms with E-state index in [0.717, 1.165) is 26.2 Å². The van der Waals surface area contributed by atoms with Gasteiger partial charge in [0.05, 0.1) is 12.1 Å². The summed E-state index contributed by atoms with van der Waals surface area (Å²) in [6, 6.07) is 3.50. The van der Waals surface area contributed by atoms with E-state index in [-0.39, 0.29) is 17.8 Å². The molecule has 3 fully saturated rings. The standard InChI is InChI=1S/C20H25FN4O2.ClH/c21-16-8-15(27-12-13-4-5-13)9-17-18(16)19(26)23-20(22-17)25-10-14(11-25)24-6-2-1-3-7-24;/h8-9,13-14H,1-7,10-12H2,(H,22,23,26);1H. The lowest BCUT2D eigenvalue weighted by Crippen LogP contribution is -2.61. The first-order valence-electron chi connectivity index (χ1n) is 10.0. The van der Waals surface area contributed by atoms with E-state index >= 15 is 0 Å². The maximum Gasteiger partial charge on any atom is 0.263 e. The van der Waals surface area contributed by atoms with Crippen LogP contribution in [0.5, 0.6) is 5.75 Å². The molecule has 0 atom stereocenters. The molecule has 3 aliphatic rings. The van der Waals surface area contributed by atoms with E-state index in [1.165, 1.54) is 38.2 Å². The van der Waals surface area contributed by atoms with Crippen molar-refractivity contribution >= 4 is 29.3 Å². The van der Waals surface area contributed by atoms with Gasteiger partial charge in [-0.1, -0.05) is 6.42 Å². The van der Waals surface area contributed by atoms with E-state index in [0.29, 0.717) is 35.8 Å². The third kappa shape index (κ3) is 3.82. The maximum absolute atomic E-state index is 14.4. The van der Waals surface area contributed by atoms with Crippen molar-refractivity contribution in [2.45, 2.75) is 38.1 Å². The van der Waals surface area contributed by atoms with Crippen LogP contribution < -0.4 is 15.2 Å². The molecule has 28 heavy (non-hydrogen) atoms. The summed E-state index contributed by atoms with van der Waals surface area (Å²) in [6.07, 6.45) is 6.20. The van der Waals surface area contributed by atoms with Crippen molar-refractivity contribution in [1.29, 1.82) is 0 Å². The quantitative estimate of drug-likeness (QED) is 0.824. The Kier molecular flexibility index (Phi) is 5.47. The molecule has 1 aliphatic carbocycles. The number of nitrogens with one attached hydrogen (secondary N) is 1. The largest absolute Gasteiger partial charge is 0.493 e. The fraction of sp³-hybridized carbons (Fsp3) is 0.600.